The molecule has 0 saturated heterocycles. The molecule has 0 heterocycles. The molecule has 2 rings (SSSR count). The number of aryl methyl sites for hydroxylation is 1. The van der Waals surface area contributed by atoms with Gasteiger partial charge >= 0.3 is 0 Å². The molecule has 0 aliphatic heterocycles. The van der Waals surface area contributed by atoms with Crippen LogP contribution in [0.4, 0.5) is 5.69 Å². The highest BCUT2D eigenvalue weighted by Crippen LogP contribution is 2.25. The van der Waals surface area contributed by atoms with E-state index in [1.54, 1.807) is 0 Å². The Balaban J connectivity index is 2.07. The number of Topliss-reactive ketones (excluding diaryl/α,β-unsaturated/α-hetero) is 1. The Hall–Kier alpha value is -2.07. The topological polar surface area (TPSA) is 46.2 Å². The van der Waals surface area contributed by atoms with Crippen molar-refractivity contribution in [2.45, 2.75) is 39.5 Å². The quantitative estimate of drug-likeness (QED) is 0.624. The predicted octanol–water partition coefficient (Wildman–Crippen LogP) is 4.85. The van der Waals surface area contributed by atoms with Gasteiger partial charge in [-0.2, -0.15) is 0 Å². The van der Waals surface area contributed by atoms with Gasteiger partial charge in [-0.05, 0) is 80.3 Å². The average molecular weight is 341 g/mol. The van der Waals surface area contributed by atoms with Crippen molar-refractivity contribution in [2.24, 2.45) is 0 Å². The highest BCUT2D eigenvalue weighted by Gasteiger charge is 2.14. The Labute approximate surface area is 147 Å². The number of carbonyl (C=O) groups is 2. The number of amides is 1. The number of thioether (sulfide) groups is 1. The zero-order valence-corrected chi connectivity index (χ0v) is 15.6. The molecule has 0 fully saturated rings. The number of hydrogen-bond acceptors (Lipinski definition) is 3. The van der Waals surface area contributed by atoms with Crippen molar-refractivity contribution in [3.8, 4) is 0 Å². The number of hydrogen-bond donors (Lipinski definition) is 1. The van der Waals surface area contributed by atoms with E-state index >= 15 is 0 Å². The Bertz CT molecular complexity index is 779. The summed E-state index contributed by atoms with van der Waals surface area (Å²) in [5.41, 5.74) is 6.26. The van der Waals surface area contributed by atoms with E-state index in [4.69, 9.17) is 0 Å². The first-order valence-corrected chi connectivity index (χ1v) is 8.89. The highest BCUT2D eigenvalue weighted by molar-refractivity contribution is 8.00. The van der Waals surface area contributed by atoms with Gasteiger partial charge in [0.05, 0.1) is 5.75 Å². The first-order valence-electron chi connectivity index (χ1n) is 7.90. The second-order valence-corrected chi connectivity index (χ2v) is 7.08. The molecule has 0 atom stereocenters. The standard InChI is InChI=1S/C20H23NO2S/c1-12-10-19(15(4)14(3)13(12)2)20(23)11-24-18-8-6-17(7-9-18)21-16(5)22/h6-10H,11H2,1-5H3,(H,21,22). The molecule has 126 valence electrons. The lowest BCUT2D eigenvalue weighted by Crippen LogP contribution is -2.08. The van der Waals surface area contributed by atoms with Gasteiger partial charge in [0.15, 0.2) is 5.78 Å². The van der Waals surface area contributed by atoms with Crippen molar-refractivity contribution in [3.05, 3.63) is 58.1 Å². The predicted molar refractivity (Wildman–Crippen MR) is 101 cm³/mol. The second kappa shape index (κ2) is 7.67. The maximum atomic E-state index is 12.6. The van der Waals surface area contributed by atoms with Crippen molar-refractivity contribution in [2.75, 3.05) is 11.1 Å². The minimum absolute atomic E-state index is 0.0915. The number of carbonyl (C=O) groups excluding carboxylic acids is 2. The number of benzene rings is 2. The van der Waals surface area contributed by atoms with Crippen molar-refractivity contribution < 1.29 is 9.59 Å². The lowest BCUT2D eigenvalue weighted by molar-refractivity contribution is -0.114. The molecule has 3 nitrogen and oxygen atoms in total. The minimum atomic E-state index is -0.0915. The third kappa shape index (κ3) is 4.26. The zero-order chi connectivity index (χ0) is 17.9. The van der Waals surface area contributed by atoms with Crippen LogP contribution in [-0.2, 0) is 4.79 Å². The van der Waals surface area contributed by atoms with E-state index in [0.717, 1.165) is 27.3 Å². The number of anilines is 1. The molecule has 4 heteroatoms. The monoisotopic (exact) mass is 341 g/mol. The molecule has 2 aromatic rings. The van der Waals surface area contributed by atoms with Crippen LogP contribution < -0.4 is 5.32 Å². The van der Waals surface area contributed by atoms with Gasteiger partial charge in [0.1, 0.15) is 0 Å². The lowest BCUT2D eigenvalue weighted by Gasteiger charge is -2.13. The zero-order valence-electron chi connectivity index (χ0n) is 14.8. The van der Waals surface area contributed by atoms with Crippen LogP contribution in [0, 0.1) is 27.7 Å². The van der Waals surface area contributed by atoms with Crippen molar-refractivity contribution in [1.82, 2.24) is 0 Å². The molecule has 1 N–H and O–H groups in total. The number of nitrogens with one attached hydrogen (secondary N) is 1. The van der Waals surface area contributed by atoms with Gasteiger partial charge in [0, 0.05) is 23.1 Å². The molecule has 0 bridgehead atoms. The SMILES string of the molecule is CC(=O)Nc1ccc(SCC(=O)c2cc(C)c(C)c(C)c2C)cc1. The van der Waals surface area contributed by atoms with Crippen LogP contribution in [0.1, 0.15) is 39.5 Å². The van der Waals surface area contributed by atoms with Crippen molar-refractivity contribution in [3.63, 3.8) is 0 Å². The molecule has 0 saturated carbocycles. The molecule has 24 heavy (non-hydrogen) atoms. The van der Waals surface area contributed by atoms with Crippen molar-refractivity contribution >= 4 is 29.1 Å². The van der Waals surface area contributed by atoms with E-state index in [1.807, 2.05) is 44.2 Å². The highest BCUT2D eigenvalue weighted by atomic mass is 32.2. The van der Waals surface area contributed by atoms with Crippen LogP contribution >= 0.6 is 11.8 Å². The summed E-state index contributed by atoms with van der Waals surface area (Å²) < 4.78 is 0. The van der Waals surface area contributed by atoms with Crippen molar-refractivity contribution in [1.29, 1.82) is 0 Å². The Morgan fingerprint density at radius 2 is 1.58 bits per heavy atom. The van der Waals surface area contributed by atoms with Gasteiger partial charge in [0.25, 0.3) is 0 Å². The molecule has 0 aliphatic rings. The molecular formula is C20H23NO2S. The van der Waals surface area contributed by atoms with Gasteiger partial charge in [-0.25, -0.2) is 0 Å². The third-order valence-electron chi connectivity index (χ3n) is 4.33. The van der Waals surface area contributed by atoms with Gasteiger partial charge < -0.3 is 5.32 Å². The van der Waals surface area contributed by atoms with Gasteiger partial charge in [0.2, 0.25) is 5.91 Å². The molecule has 0 aliphatic carbocycles. The summed E-state index contributed by atoms with van der Waals surface area (Å²) in [5, 5.41) is 2.73. The fourth-order valence-corrected chi connectivity index (χ4v) is 3.35. The van der Waals surface area contributed by atoms with E-state index in [-0.39, 0.29) is 11.7 Å². The largest absolute Gasteiger partial charge is 0.326 e. The first kappa shape index (κ1) is 18.3. The van der Waals surface area contributed by atoms with E-state index in [1.165, 1.54) is 29.8 Å². The van der Waals surface area contributed by atoms with Crippen LogP contribution in [0.3, 0.4) is 0 Å². The van der Waals surface area contributed by atoms with Crippen LogP contribution in [0.2, 0.25) is 0 Å². The average Bonchev–Trinajstić information content (AvgIpc) is 2.54. The van der Waals surface area contributed by atoms with E-state index in [9.17, 15) is 9.59 Å². The summed E-state index contributed by atoms with van der Waals surface area (Å²) in [5.74, 6) is 0.461. The second-order valence-electron chi connectivity index (χ2n) is 6.03. The fraction of sp³-hybridized carbons (Fsp3) is 0.300. The van der Waals surface area contributed by atoms with E-state index in [2.05, 4.69) is 19.2 Å². The van der Waals surface area contributed by atoms with Crippen LogP contribution in [0.25, 0.3) is 0 Å². The third-order valence-corrected chi connectivity index (χ3v) is 5.34. The summed E-state index contributed by atoms with van der Waals surface area (Å²) in [7, 11) is 0. The Morgan fingerprint density at radius 3 is 2.17 bits per heavy atom. The van der Waals surface area contributed by atoms with Gasteiger partial charge in [-0.1, -0.05) is 0 Å². The normalized spacial score (nSPS) is 10.5. The summed E-state index contributed by atoms with van der Waals surface area (Å²) in [6, 6.07) is 9.53. The number of rotatable bonds is 5. The fourth-order valence-electron chi connectivity index (χ4n) is 2.57. The van der Waals surface area contributed by atoms with Gasteiger partial charge in [-0.3, -0.25) is 9.59 Å². The van der Waals surface area contributed by atoms with Crippen LogP contribution in [0.5, 0.6) is 0 Å². The summed E-state index contributed by atoms with van der Waals surface area (Å²) >= 11 is 1.51. The molecule has 1 amide bonds. The molecule has 0 aromatic heterocycles. The van der Waals surface area contributed by atoms with E-state index in [0.29, 0.717) is 5.75 Å². The molecule has 0 unspecified atom stereocenters. The Morgan fingerprint density at radius 1 is 0.958 bits per heavy atom. The first-order chi connectivity index (χ1) is 11.3. The molecular weight excluding hydrogens is 318 g/mol. The molecule has 0 radical (unpaired) electrons. The maximum Gasteiger partial charge on any atom is 0.221 e. The molecule has 2 aromatic carbocycles. The minimum Gasteiger partial charge on any atom is -0.326 e. The van der Waals surface area contributed by atoms with Crippen LogP contribution in [0.15, 0.2) is 35.2 Å². The summed E-state index contributed by atoms with van der Waals surface area (Å²) in [6.07, 6.45) is 0. The lowest BCUT2D eigenvalue weighted by atomic mass is 9.93. The Kier molecular flexibility index (Phi) is 5.84. The van der Waals surface area contributed by atoms with Gasteiger partial charge in [-0.15, -0.1) is 11.8 Å². The maximum absolute atomic E-state index is 12.6. The van der Waals surface area contributed by atoms with Crippen LogP contribution in [-0.4, -0.2) is 17.4 Å². The smallest absolute Gasteiger partial charge is 0.221 e. The number of ketones is 1. The summed E-state index contributed by atoms with van der Waals surface area (Å²) in [4.78, 5) is 24.6. The summed E-state index contributed by atoms with van der Waals surface area (Å²) in [6.45, 7) is 9.71. The van der Waals surface area contributed by atoms with E-state index < -0.39 is 0 Å². The molecule has 0 spiro atoms.